The minimum Gasteiger partial charge on any atom is -0.481 e. The highest BCUT2D eigenvalue weighted by Crippen LogP contribution is 2.40. The summed E-state index contributed by atoms with van der Waals surface area (Å²) in [5, 5.41) is 8.99. The first-order valence-corrected chi connectivity index (χ1v) is 6.51. The number of likely N-dealkylation sites (N-methyl/N-ethyl adjacent to an activating group) is 1. The van der Waals surface area contributed by atoms with Gasteiger partial charge in [-0.3, -0.25) is 4.79 Å². The van der Waals surface area contributed by atoms with Gasteiger partial charge in [-0.15, -0.1) is 0 Å². The van der Waals surface area contributed by atoms with Gasteiger partial charge >= 0.3 is 5.97 Å². The van der Waals surface area contributed by atoms with Gasteiger partial charge in [0, 0.05) is 29.7 Å². The molecule has 17 heavy (non-hydrogen) atoms. The number of rotatable bonds is 3. The molecule has 2 rings (SSSR count). The molecular formula is C13H16BrNO2. The first-order valence-electron chi connectivity index (χ1n) is 5.72. The third-order valence-electron chi connectivity index (χ3n) is 3.39. The number of nitrogens with zero attached hydrogens (tertiary/aromatic N) is 1. The van der Waals surface area contributed by atoms with Crippen molar-refractivity contribution in [3.63, 3.8) is 0 Å². The van der Waals surface area contributed by atoms with Gasteiger partial charge in [-0.05, 0) is 30.2 Å². The lowest BCUT2D eigenvalue weighted by Crippen LogP contribution is -2.19. The summed E-state index contributed by atoms with van der Waals surface area (Å²) in [4.78, 5) is 13.1. The van der Waals surface area contributed by atoms with Crippen LogP contribution in [0.3, 0.4) is 0 Å². The van der Waals surface area contributed by atoms with Gasteiger partial charge in [0.25, 0.3) is 0 Å². The molecule has 2 atom stereocenters. The summed E-state index contributed by atoms with van der Waals surface area (Å²) in [5.41, 5.74) is 2.48. The molecule has 2 unspecified atom stereocenters. The normalized spacial score (nSPS) is 20.2. The molecule has 92 valence electrons. The van der Waals surface area contributed by atoms with Gasteiger partial charge < -0.3 is 10.0 Å². The van der Waals surface area contributed by atoms with Gasteiger partial charge in [0.1, 0.15) is 0 Å². The highest BCUT2D eigenvalue weighted by molar-refractivity contribution is 9.10. The van der Waals surface area contributed by atoms with Gasteiger partial charge in [-0.25, -0.2) is 0 Å². The van der Waals surface area contributed by atoms with E-state index < -0.39 is 5.97 Å². The van der Waals surface area contributed by atoms with E-state index in [0.29, 0.717) is 12.3 Å². The van der Waals surface area contributed by atoms with Crippen LogP contribution in [0, 0.1) is 5.92 Å². The van der Waals surface area contributed by atoms with Gasteiger partial charge in [-0.1, -0.05) is 22.9 Å². The van der Waals surface area contributed by atoms with Crippen LogP contribution in [-0.4, -0.2) is 24.7 Å². The fourth-order valence-corrected chi connectivity index (χ4v) is 2.84. The first kappa shape index (κ1) is 12.4. The predicted molar refractivity (Wildman–Crippen MR) is 71.6 cm³/mol. The monoisotopic (exact) mass is 297 g/mol. The number of carboxylic acids is 1. The standard InChI is InChI=1S/C13H16BrNO2/c1-8(13(16)17)5-9-7-15(2)12-4-3-10(14)6-11(9)12/h3-4,6,8-9H,5,7H2,1-2H3,(H,16,17). The lowest BCUT2D eigenvalue weighted by molar-refractivity contribution is -0.141. The Morgan fingerprint density at radius 1 is 1.65 bits per heavy atom. The van der Waals surface area contributed by atoms with Crippen LogP contribution in [0.2, 0.25) is 0 Å². The second-order valence-corrected chi connectivity index (χ2v) is 5.67. The van der Waals surface area contributed by atoms with Gasteiger partial charge in [-0.2, -0.15) is 0 Å². The number of anilines is 1. The molecule has 1 aliphatic heterocycles. The third-order valence-corrected chi connectivity index (χ3v) is 3.89. The second-order valence-electron chi connectivity index (χ2n) is 4.76. The Balaban J connectivity index is 2.24. The average molecular weight is 298 g/mol. The third kappa shape index (κ3) is 2.46. The Hall–Kier alpha value is -1.03. The molecule has 1 heterocycles. The van der Waals surface area contributed by atoms with Crippen molar-refractivity contribution < 1.29 is 9.90 Å². The SMILES string of the molecule is CC(CC1CN(C)c2ccc(Br)cc21)C(=O)O. The zero-order valence-electron chi connectivity index (χ0n) is 9.98. The van der Waals surface area contributed by atoms with Gasteiger partial charge in [0.2, 0.25) is 0 Å². The van der Waals surface area contributed by atoms with Crippen LogP contribution in [0.1, 0.15) is 24.8 Å². The molecule has 0 fully saturated rings. The zero-order chi connectivity index (χ0) is 12.6. The molecular weight excluding hydrogens is 282 g/mol. The van der Waals surface area contributed by atoms with Crippen molar-refractivity contribution in [1.82, 2.24) is 0 Å². The largest absolute Gasteiger partial charge is 0.481 e. The Labute approximate surface area is 110 Å². The van der Waals surface area contributed by atoms with Crippen molar-refractivity contribution in [2.24, 2.45) is 5.92 Å². The van der Waals surface area contributed by atoms with Crippen LogP contribution in [0.5, 0.6) is 0 Å². The summed E-state index contributed by atoms with van der Waals surface area (Å²) >= 11 is 3.47. The molecule has 1 aromatic carbocycles. The van der Waals surface area contributed by atoms with Crippen LogP contribution in [-0.2, 0) is 4.79 Å². The van der Waals surface area contributed by atoms with Crippen molar-refractivity contribution >= 4 is 27.6 Å². The zero-order valence-corrected chi connectivity index (χ0v) is 11.6. The Kier molecular flexibility index (Phi) is 3.43. The lowest BCUT2D eigenvalue weighted by atomic mass is 9.91. The summed E-state index contributed by atoms with van der Waals surface area (Å²) < 4.78 is 1.06. The number of hydrogen-bond donors (Lipinski definition) is 1. The molecule has 1 aromatic rings. The Morgan fingerprint density at radius 3 is 3.00 bits per heavy atom. The molecule has 0 bridgehead atoms. The van der Waals surface area contributed by atoms with Crippen molar-refractivity contribution in [2.45, 2.75) is 19.3 Å². The highest BCUT2D eigenvalue weighted by atomic mass is 79.9. The number of halogens is 1. The number of benzene rings is 1. The lowest BCUT2D eigenvalue weighted by Gasteiger charge is -2.14. The van der Waals surface area contributed by atoms with Crippen molar-refractivity contribution in [3.05, 3.63) is 28.2 Å². The van der Waals surface area contributed by atoms with E-state index >= 15 is 0 Å². The maximum atomic E-state index is 10.9. The first-order chi connectivity index (χ1) is 7.99. The van der Waals surface area contributed by atoms with Crippen LogP contribution >= 0.6 is 15.9 Å². The molecule has 0 spiro atoms. The summed E-state index contributed by atoms with van der Waals surface area (Å²) in [6.45, 7) is 2.68. The van der Waals surface area contributed by atoms with Crippen LogP contribution < -0.4 is 4.90 Å². The predicted octanol–water partition coefficient (Wildman–Crippen LogP) is 3.09. The van der Waals surface area contributed by atoms with Gasteiger partial charge in [0.05, 0.1) is 5.92 Å². The van der Waals surface area contributed by atoms with Crippen LogP contribution in [0.25, 0.3) is 0 Å². The molecule has 1 N–H and O–H groups in total. The maximum Gasteiger partial charge on any atom is 0.306 e. The number of hydrogen-bond acceptors (Lipinski definition) is 2. The number of aliphatic carboxylic acids is 1. The molecule has 0 aromatic heterocycles. The smallest absolute Gasteiger partial charge is 0.306 e. The van der Waals surface area contributed by atoms with E-state index in [0.717, 1.165) is 11.0 Å². The summed E-state index contributed by atoms with van der Waals surface area (Å²) in [6, 6.07) is 6.22. The minimum absolute atomic E-state index is 0.293. The second kappa shape index (κ2) is 4.69. The fourth-order valence-electron chi connectivity index (χ4n) is 2.46. The summed E-state index contributed by atoms with van der Waals surface area (Å²) in [5.74, 6) is -0.687. The van der Waals surface area contributed by atoms with E-state index in [2.05, 4.69) is 40.0 Å². The summed E-state index contributed by atoms with van der Waals surface area (Å²) in [7, 11) is 2.05. The maximum absolute atomic E-state index is 10.9. The molecule has 3 nitrogen and oxygen atoms in total. The molecule has 0 aliphatic carbocycles. The van der Waals surface area contributed by atoms with Crippen molar-refractivity contribution in [1.29, 1.82) is 0 Å². The van der Waals surface area contributed by atoms with Crippen molar-refractivity contribution in [2.75, 3.05) is 18.5 Å². The van der Waals surface area contributed by atoms with E-state index in [1.807, 2.05) is 6.07 Å². The summed E-state index contributed by atoms with van der Waals surface area (Å²) in [6.07, 6.45) is 0.698. The Bertz CT molecular complexity index is 447. The molecule has 0 radical (unpaired) electrons. The molecule has 0 saturated heterocycles. The quantitative estimate of drug-likeness (QED) is 0.932. The molecule has 0 amide bonds. The molecule has 0 saturated carbocycles. The van der Waals surface area contributed by atoms with Crippen molar-refractivity contribution in [3.8, 4) is 0 Å². The van der Waals surface area contributed by atoms with E-state index in [9.17, 15) is 4.79 Å². The average Bonchev–Trinajstić information content (AvgIpc) is 2.55. The Morgan fingerprint density at radius 2 is 2.35 bits per heavy atom. The van der Waals surface area contributed by atoms with Crippen LogP contribution in [0.4, 0.5) is 5.69 Å². The number of carboxylic acid groups (broad SMARTS) is 1. The highest BCUT2D eigenvalue weighted by Gasteiger charge is 2.29. The van der Waals surface area contributed by atoms with Crippen LogP contribution in [0.15, 0.2) is 22.7 Å². The van der Waals surface area contributed by atoms with E-state index in [4.69, 9.17) is 5.11 Å². The van der Waals surface area contributed by atoms with E-state index in [1.54, 1.807) is 6.92 Å². The topological polar surface area (TPSA) is 40.5 Å². The fraction of sp³-hybridized carbons (Fsp3) is 0.462. The number of carbonyl (C=O) groups is 1. The molecule has 4 heteroatoms. The number of fused-ring (bicyclic) bond motifs is 1. The van der Waals surface area contributed by atoms with E-state index in [-0.39, 0.29) is 5.92 Å². The van der Waals surface area contributed by atoms with E-state index in [1.165, 1.54) is 11.3 Å². The molecule has 1 aliphatic rings. The minimum atomic E-state index is -0.712. The van der Waals surface area contributed by atoms with Gasteiger partial charge in [0.15, 0.2) is 0 Å².